The molecular formula is C22H29N5O2S. The first kappa shape index (κ1) is 20.9. The zero-order valence-electron chi connectivity index (χ0n) is 17.8. The molecule has 1 aromatic heterocycles. The monoisotopic (exact) mass is 427 g/mol. The van der Waals surface area contributed by atoms with Crippen molar-refractivity contribution in [2.24, 2.45) is 0 Å². The van der Waals surface area contributed by atoms with Gasteiger partial charge in [-0.2, -0.15) is 0 Å². The van der Waals surface area contributed by atoms with Gasteiger partial charge < -0.3 is 14.8 Å². The zero-order chi connectivity index (χ0) is 21.3. The molecule has 2 aromatic rings. The molecule has 7 nitrogen and oxygen atoms in total. The Morgan fingerprint density at radius 2 is 1.93 bits per heavy atom. The van der Waals surface area contributed by atoms with E-state index in [1.54, 1.807) is 23.0 Å². The molecule has 1 saturated heterocycles. The SMILES string of the molecule is CC(C)(C)c1ccc(C(=O)N2CSCC2C(=O)NCCc2nncn2C2CC2)cc1. The standard InChI is InChI=1S/C22H29N5O2S/c1-22(2,3)16-6-4-15(5-7-16)21(29)27-14-30-12-18(27)20(28)23-11-10-19-25-24-13-26(19)17-8-9-17/h4-7,13,17-18H,8-12,14H2,1-3H3,(H,23,28). The number of hydrogen-bond donors (Lipinski definition) is 1. The molecule has 0 spiro atoms. The van der Waals surface area contributed by atoms with Crippen molar-refractivity contribution < 1.29 is 9.59 Å². The van der Waals surface area contributed by atoms with Gasteiger partial charge in [0.25, 0.3) is 5.91 Å². The first-order valence-electron chi connectivity index (χ1n) is 10.5. The Kier molecular flexibility index (Phi) is 5.86. The van der Waals surface area contributed by atoms with Crippen molar-refractivity contribution in [1.29, 1.82) is 0 Å². The van der Waals surface area contributed by atoms with Crippen LogP contribution in [0, 0.1) is 0 Å². The topological polar surface area (TPSA) is 80.1 Å². The average Bonchev–Trinajstić information content (AvgIpc) is 3.25. The highest BCUT2D eigenvalue weighted by Gasteiger charge is 2.35. The Hall–Kier alpha value is -2.35. The molecule has 1 aromatic carbocycles. The maximum Gasteiger partial charge on any atom is 0.255 e. The Labute approximate surface area is 181 Å². The smallest absolute Gasteiger partial charge is 0.255 e. The fourth-order valence-electron chi connectivity index (χ4n) is 3.66. The average molecular weight is 428 g/mol. The quantitative estimate of drug-likeness (QED) is 0.767. The molecule has 2 fully saturated rings. The summed E-state index contributed by atoms with van der Waals surface area (Å²) >= 11 is 1.61. The molecule has 160 valence electrons. The summed E-state index contributed by atoms with van der Waals surface area (Å²) in [5.41, 5.74) is 1.85. The number of carbonyl (C=O) groups excluding carboxylic acids is 2. The second kappa shape index (κ2) is 8.41. The molecule has 1 N–H and O–H groups in total. The highest BCUT2D eigenvalue weighted by molar-refractivity contribution is 7.99. The Morgan fingerprint density at radius 3 is 2.60 bits per heavy atom. The van der Waals surface area contributed by atoms with Gasteiger partial charge in [0.15, 0.2) is 0 Å². The van der Waals surface area contributed by atoms with E-state index in [9.17, 15) is 9.59 Å². The van der Waals surface area contributed by atoms with Crippen LogP contribution in [0.4, 0.5) is 0 Å². The molecule has 4 rings (SSSR count). The molecule has 1 saturated carbocycles. The number of nitrogens with zero attached hydrogens (tertiary/aromatic N) is 4. The molecular weight excluding hydrogens is 398 g/mol. The number of nitrogens with one attached hydrogen (secondary N) is 1. The van der Waals surface area contributed by atoms with Gasteiger partial charge in [-0.15, -0.1) is 22.0 Å². The van der Waals surface area contributed by atoms with E-state index < -0.39 is 6.04 Å². The van der Waals surface area contributed by atoms with Crippen LogP contribution < -0.4 is 5.32 Å². The number of carbonyl (C=O) groups is 2. The lowest BCUT2D eigenvalue weighted by molar-refractivity contribution is -0.124. The van der Waals surface area contributed by atoms with Crippen LogP contribution in [0.5, 0.6) is 0 Å². The number of rotatable bonds is 6. The van der Waals surface area contributed by atoms with Gasteiger partial charge in [-0.05, 0) is 36.0 Å². The van der Waals surface area contributed by atoms with E-state index in [1.807, 2.05) is 24.3 Å². The van der Waals surface area contributed by atoms with E-state index in [0.29, 0.717) is 36.2 Å². The molecule has 1 atom stereocenters. The van der Waals surface area contributed by atoms with Gasteiger partial charge in [0, 0.05) is 30.3 Å². The Morgan fingerprint density at radius 1 is 1.20 bits per heavy atom. The van der Waals surface area contributed by atoms with E-state index in [-0.39, 0.29) is 17.2 Å². The van der Waals surface area contributed by atoms with Crippen molar-refractivity contribution >= 4 is 23.6 Å². The zero-order valence-corrected chi connectivity index (χ0v) is 18.6. The summed E-state index contributed by atoms with van der Waals surface area (Å²) in [6.07, 6.45) is 4.76. The minimum absolute atomic E-state index is 0.0389. The highest BCUT2D eigenvalue weighted by Crippen LogP contribution is 2.35. The summed E-state index contributed by atoms with van der Waals surface area (Å²) in [4.78, 5) is 27.5. The van der Waals surface area contributed by atoms with E-state index in [0.717, 1.165) is 5.82 Å². The van der Waals surface area contributed by atoms with Crippen LogP contribution in [-0.4, -0.2) is 55.7 Å². The van der Waals surface area contributed by atoms with Crippen LogP contribution in [0.15, 0.2) is 30.6 Å². The second-order valence-electron chi connectivity index (χ2n) is 9.04. The van der Waals surface area contributed by atoms with Gasteiger partial charge in [0.05, 0.1) is 5.88 Å². The third-order valence-electron chi connectivity index (χ3n) is 5.68. The summed E-state index contributed by atoms with van der Waals surface area (Å²) in [6.45, 7) is 6.94. The van der Waals surface area contributed by atoms with Crippen LogP contribution >= 0.6 is 11.8 Å². The lowest BCUT2D eigenvalue weighted by atomic mass is 9.86. The molecule has 1 unspecified atom stereocenters. The molecule has 2 aliphatic rings. The van der Waals surface area contributed by atoms with Crippen LogP contribution in [0.1, 0.15) is 61.4 Å². The van der Waals surface area contributed by atoms with Crippen LogP contribution in [0.25, 0.3) is 0 Å². The van der Waals surface area contributed by atoms with E-state index >= 15 is 0 Å². The number of amides is 2. The second-order valence-corrected chi connectivity index (χ2v) is 10.0. The minimum Gasteiger partial charge on any atom is -0.354 e. The molecule has 1 aliphatic heterocycles. The normalized spacial score (nSPS) is 19.2. The van der Waals surface area contributed by atoms with E-state index in [4.69, 9.17) is 0 Å². The summed E-state index contributed by atoms with van der Waals surface area (Å²) < 4.78 is 2.11. The highest BCUT2D eigenvalue weighted by atomic mass is 32.2. The lowest BCUT2D eigenvalue weighted by Gasteiger charge is -2.24. The largest absolute Gasteiger partial charge is 0.354 e. The molecule has 0 radical (unpaired) electrons. The predicted octanol–water partition coefficient (Wildman–Crippen LogP) is 2.78. The van der Waals surface area contributed by atoms with Crippen molar-refractivity contribution in [1.82, 2.24) is 25.0 Å². The molecule has 30 heavy (non-hydrogen) atoms. The maximum atomic E-state index is 13.0. The molecule has 1 aliphatic carbocycles. The van der Waals surface area contributed by atoms with E-state index in [1.165, 1.54) is 18.4 Å². The van der Waals surface area contributed by atoms with Crippen molar-refractivity contribution in [3.63, 3.8) is 0 Å². The minimum atomic E-state index is -0.439. The summed E-state index contributed by atoms with van der Waals surface area (Å²) in [5.74, 6) is 1.88. The maximum absolute atomic E-state index is 13.0. The first-order valence-corrected chi connectivity index (χ1v) is 11.7. The third-order valence-corrected chi connectivity index (χ3v) is 6.69. The predicted molar refractivity (Wildman–Crippen MR) is 117 cm³/mol. The van der Waals surface area contributed by atoms with Gasteiger partial charge >= 0.3 is 0 Å². The van der Waals surface area contributed by atoms with Crippen LogP contribution in [0.3, 0.4) is 0 Å². The van der Waals surface area contributed by atoms with Gasteiger partial charge in [0.1, 0.15) is 18.2 Å². The fraction of sp³-hybridized carbons (Fsp3) is 0.545. The summed E-state index contributed by atoms with van der Waals surface area (Å²) in [6, 6.07) is 7.82. The van der Waals surface area contributed by atoms with Crippen molar-refractivity contribution in [2.45, 2.75) is 57.5 Å². The first-order chi connectivity index (χ1) is 14.3. The Balaban J connectivity index is 1.34. The fourth-order valence-corrected chi connectivity index (χ4v) is 4.81. The number of hydrogen-bond acceptors (Lipinski definition) is 5. The number of benzene rings is 1. The lowest BCUT2D eigenvalue weighted by Crippen LogP contribution is -2.47. The third kappa shape index (κ3) is 4.53. The molecule has 2 amide bonds. The van der Waals surface area contributed by atoms with Crippen molar-refractivity contribution in [3.8, 4) is 0 Å². The molecule has 2 heterocycles. The number of aromatic nitrogens is 3. The molecule has 0 bridgehead atoms. The number of thioether (sulfide) groups is 1. The van der Waals surface area contributed by atoms with Crippen molar-refractivity contribution in [3.05, 3.63) is 47.5 Å². The van der Waals surface area contributed by atoms with Gasteiger partial charge in [-0.25, -0.2) is 0 Å². The summed E-state index contributed by atoms with van der Waals surface area (Å²) in [5, 5.41) is 11.2. The van der Waals surface area contributed by atoms with Gasteiger partial charge in [-0.1, -0.05) is 32.9 Å². The van der Waals surface area contributed by atoms with Gasteiger partial charge in [0.2, 0.25) is 5.91 Å². The van der Waals surface area contributed by atoms with E-state index in [2.05, 4.69) is 40.9 Å². The van der Waals surface area contributed by atoms with Crippen molar-refractivity contribution in [2.75, 3.05) is 18.2 Å². The summed E-state index contributed by atoms with van der Waals surface area (Å²) in [7, 11) is 0. The van der Waals surface area contributed by atoms with Gasteiger partial charge in [-0.3, -0.25) is 9.59 Å². The molecule has 8 heteroatoms. The Bertz CT molecular complexity index is 914. The van der Waals surface area contributed by atoms with Crippen LogP contribution in [0.2, 0.25) is 0 Å². The van der Waals surface area contributed by atoms with Crippen LogP contribution in [-0.2, 0) is 16.6 Å².